The largest absolute Gasteiger partial charge is 0.297 e. The quantitative estimate of drug-likeness (QED) is 0.756. The normalized spacial score (nSPS) is 10.4. The molecule has 0 bridgehead atoms. The summed E-state index contributed by atoms with van der Waals surface area (Å²) in [5, 5.41) is 0. The number of rotatable bonds is 4. The predicted octanol–water partition coefficient (Wildman–Crippen LogP) is 2.81. The Morgan fingerprint density at radius 1 is 1.21 bits per heavy atom. The first-order valence-electron chi connectivity index (χ1n) is 4.19. The van der Waals surface area contributed by atoms with Crippen molar-refractivity contribution in [2.24, 2.45) is 0 Å². The van der Waals surface area contributed by atoms with Gasteiger partial charge in [-0.25, -0.2) is 8.78 Å². The van der Waals surface area contributed by atoms with Crippen molar-refractivity contribution >= 4 is 12.4 Å². The van der Waals surface area contributed by atoms with Gasteiger partial charge in [0.25, 0.3) is 6.43 Å². The molecule has 0 saturated heterocycles. The van der Waals surface area contributed by atoms with Crippen molar-refractivity contribution in [1.29, 1.82) is 0 Å². The summed E-state index contributed by atoms with van der Waals surface area (Å²) in [6, 6.07) is 9.59. The smallest absolute Gasteiger partial charge is 0.251 e. The lowest BCUT2D eigenvalue weighted by Crippen LogP contribution is -2.23. The number of hydrogen-bond acceptors (Lipinski definition) is 1. The van der Waals surface area contributed by atoms with E-state index < -0.39 is 6.43 Å². The van der Waals surface area contributed by atoms with Crippen LogP contribution in [0, 0.1) is 0 Å². The molecule has 0 fully saturated rings. The number of nitrogens with zero attached hydrogens (tertiary/aromatic N) is 1. The van der Waals surface area contributed by atoms with Gasteiger partial charge in [0.15, 0.2) is 0 Å². The molecule has 0 aliphatic rings. The van der Waals surface area contributed by atoms with Crippen LogP contribution in [0.25, 0.3) is 0 Å². The first-order chi connectivity index (χ1) is 6.18. The molecule has 1 rings (SSSR count). The lowest BCUT2D eigenvalue weighted by atomic mass is 10.2. The minimum atomic E-state index is -2.26. The van der Waals surface area contributed by atoms with E-state index in [0.717, 1.165) is 5.56 Å². The molecular formula is C10H14ClF2N. The number of alkyl halides is 2. The van der Waals surface area contributed by atoms with Crippen molar-refractivity contribution in [2.75, 3.05) is 13.6 Å². The minimum Gasteiger partial charge on any atom is -0.297 e. The van der Waals surface area contributed by atoms with Gasteiger partial charge in [0, 0.05) is 6.54 Å². The number of halogens is 3. The van der Waals surface area contributed by atoms with Crippen LogP contribution in [0.4, 0.5) is 8.78 Å². The van der Waals surface area contributed by atoms with Crippen molar-refractivity contribution in [2.45, 2.75) is 13.0 Å². The van der Waals surface area contributed by atoms with Crippen molar-refractivity contribution in [1.82, 2.24) is 4.90 Å². The molecule has 0 aliphatic carbocycles. The molecule has 0 heterocycles. The second-order valence-electron chi connectivity index (χ2n) is 3.07. The van der Waals surface area contributed by atoms with Gasteiger partial charge in [-0.2, -0.15) is 0 Å². The molecule has 0 saturated carbocycles. The maximum atomic E-state index is 11.9. The van der Waals surface area contributed by atoms with Crippen LogP contribution in [-0.2, 0) is 6.54 Å². The Hall–Kier alpha value is -0.670. The zero-order valence-electron chi connectivity index (χ0n) is 7.99. The van der Waals surface area contributed by atoms with Gasteiger partial charge in [0.05, 0.1) is 6.54 Å². The van der Waals surface area contributed by atoms with E-state index in [4.69, 9.17) is 0 Å². The standard InChI is InChI=1S/C10H13F2N.ClH/c1-13(8-10(11)12)7-9-5-3-2-4-6-9;/h2-6,10H,7-8H2,1H3;1H. The second kappa shape index (κ2) is 6.74. The van der Waals surface area contributed by atoms with Crippen LogP contribution in [0.3, 0.4) is 0 Å². The van der Waals surface area contributed by atoms with Gasteiger partial charge in [-0.3, -0.25) is 4.90 Å². The van der Waals surface area contributed by atoms with Gasteiger partial charge in [0.1, 0.15) is 0 Å². The molecule has 1 aromatic rings. The summed E-state index contributed by atoms with van der Waals surface area (Å²) in [5.41, 5.74) is 1.06. The molecule has 1 aromatic carbocycles. The van der Waals surface area contributed by atoms with E-state index >= 15 is 0 Å². The van der Waals surface area contributed by atoms with Gasteiger partial charge >= 0.3 is 0 Å². The minimum absolute atomic E-state index is 0. The fraction of sp³-hybridized carbons (Fsp3) is 0.400. The third-order valence-electron chi connectivity index (χ3n) is 1.75. The Bertz CT molecular complexity index is 241. The molecule has 0 aliphatic heterocycles. The molecule has 0 radical (unpaired) electrons. The lowest BCUT2D eigenvalue weighted by Gasteiger charge is -2.15. The van der Waals surface area contributed by atoms with Crippen LogP contribution in [-0.4, -0.2) is 24.9 Å². The molecule has 1 nitrogen and oxygen atoms in total. The van der Waals surface area contributed by atoms with Crippen molar-refractivity contribution in [3.8, 4) is 0 Å². The predicted molar refractivity (Wildman–Crippen MR) is 56.0 cm³/mol. The lowest BCUT2D eigenvalue weighted by molar-refractivity contribution is 0.0975. The Balaban J connectivity index is 0.00000169. The fourth-order valence-electron chi connectivity index (χ4n) is 1.20. The average Bonchev–Trinajstić information content (AvgIpc) is 2.04. The zero-order chi connectivity index (χ0) is 9.68. The molecule has 0 amide bonds. The monoisotopic (exact) mass is 221 g/mol. The third-order valence-corrected chi connectivity index (χ3v) is 1.75. The summed E-state index contributed by atoms with van der Waals surface area (Å²) in [6.07, 6.45) is -2.26. The molecule has 0 N–H and O–H groups in total. The van der Waals surface area contributed by atoms with E-state index in [1.165, 1.54) is 0 Å². The Morgan fingerprint density at radius 3 is 2.29 bits per heavy atom. The third kappa shape index (κ3) is 5.14. The highest BCUT2D eigenvalue weighted by Crippen LogP contribution is 2.04. The average molecular weight is 222 g/mol. The molecule has 4 heteroatoms. The number of benzene rings is 1. The van der Waals surface area contributed by atoms with E-state index in [1.807, 2.05) is 30.3 Å². The molecule has 0 spiro atoms. The molecular weight excluding hydrogens is 208 g/mol. The van der Waals surface area contributed by atoms with Gasteiger partial charge in [-0.1, -0.05) is 30.3 Å². The maximum absolute atomic E-state index is 11.9. The first kappa shape index (κ1) is 13.3. The Kier molecular flexibility index (Phi) is 6.41. The summed E-state index contributed by atoms with van der Waals surface area (Å²) < 4.78 is 23.9. The van der Waals surface area contributed by atoms with E-state index in [2.05, 4.69) is 0 Å². The van der Waals surface area contributed by atoms with E-state index in [-0.39, 0.29) is 19.0 Å². The summed E-state index contributed by atoms with van der Waals surface area (Å²) >= 11 is 0. The molecule has 0 atom stereocenters. The number of hydrogen-bond donors (Lipinski definition) is 0. The maximum Gasteiger partial charge on any atom is 0.251 e. The van der Waals surface area contributed by atoms with Crippen LogP contribution in [0.15, 0.2) is 30.3 Å². The zero-order valence-corrected chi connectivity index (χ0v) is 8.81. The van der Waals surface area contributed by atoms with E-state index in [0.29, 0.717) is 6.54 Å². The Morgan fingerprint density at radius 2 is 1.79 bits per heavy atom. The molecule has 0 unspecified atom stereocenters. The van der Waals surface area contributed by atoms with Crippen molar-refractivity contribution < 1.29 is 8.78 Å². The van der Waals surface area contributed by atoms with Crippen LogP contribution >= 0.6 is 12.4 Å². The van der Waals surface area contributed by atoms with Gasteiger partial charge < -0.3 is 0 Å². The van der Waals surface area contributed by atoms with E-state index in [9.17, 15) is 8.78 Å². The van der Waals surface area contributed by atoms with Crippen LogP contribution in [0.1, 0.15) is 5.56 Å². The van der Waals surface area contributed by atoms with Crippen molar-refractivity contribution in [3.63, 3.8) is 0 Å². The molecule has 0 aromatic heterocycles. The second-order valence-corrected chi connectivity index (χ2v) is 3.07. The van der Waals surface area contributed by atoms with Gasteiger partial charge in [-0.05, 0) is 12.6 Å². The van der Waals surface area contributed by atoms with E-state index in [1.54, 1.807) is 11.9 Å². The summed E-state index contributed by atoms with van der Waals surface area (Å²) in [6.45, 7) is 0.403. The highest BCUT2D eigenvalue weighted by atomic mass is 35.5. The van der Waals surface area contributed by atoms with Gasteiger partial charge in [0.2, 0.25) is 0 Å². The fourth-order valence-corrected chi connectivity index (χ4v) is 1.20. The highest BCUT2D eigenvalue weighted by Gasteiger charge is 2.07. The summed E-state index contributed by atoms with van der Waals surface area (Å²) in [4.78, 5) is 1.61. The highest BCUT2D eigenvalue weighted by molar-refractivity contribution is 5.85. The topological polar surface area (TPSA) is 3.24 Å². The molecule has 14 heavy (non-hydrogen) atoms. The van der Waals surface area contributed by atoms with Crippen LogP contribution < -0.4 is 0 Å². The first-order valence-corrected chi connectivity index (χ1v) is 4.19. The summed E-state index contributed by atoms with van der Waals surface area (Å²) in [5.74, 6) is 0. The van der Waals surface area contributed by atoms with Gasteiger partial charge in [-0.15, -0.1) is 12.4 Å². The Labute approximate surface area is 89.1 Å². The summed E-state index contributed by atoms with van der Waals surface area (Å²) in [7, 11) is 1.69. The van der Waals surface area contributed by atoms with Crippen LogP contribution in [0.5, 0.6) is 0 Å². The van der Waals surface area contributed by atoms with Crippen LogP contribution in [0.2, 0.25) is 0 Å². The van der Waals surface area contributed by atoms with Crippen molar-refractivity contribution in [3.05, 3.63) is 35.9 Å². The molecule has 80 valence electrons. The SMILES string of the molecule is CN(Cc1ccccc1)CC(F)F.Cl.